The molecule has 278 valence electrons. The number of aromatic nitrogens is 3. The molecule has 0 aliphatic carbocycles. The number of aryl methyl sites for hydroxylation is 1. The average Bonchev–Trinajstić information content (AvgIpc) is 3.82. The molecule has 1 fully saturated rings. The van der Waals surface area contributed by atoms with E-state index in [0.29, 0.717) is 52.1 Å². The summed E-state index contributed by atoms with van der Waals surface area (Å²) in [6.07, 6.45) is 1.88. The van der Waals surface area contributed by atoms with E-state index in [4.69, 9.17) is 21.1 Å². The van der Waals surface area contributed by atoms with Gasteiger partial charge in [-0.1, -0.05) is 78.3 Å². The molecular weight excluding hydrogens is 722 g/mol. The number of amides is 2. The number of hydrogen-bond acceptors (Lipinski definition) is 8. The van der Waals surface area contributed by atoms with Crippen LogP contribution in [0.1, 0.15) is 41.6 Å². The van der Waals surface area contributed by atoms with E-state index in [1.54, 1.807) is 20.5 Å². The number of benzene rings is 4. The molecule has 3 aliphatic rings. The quantitative estimate of drug-likeness (QED) is 0.153. The largest absolute Gasteiger partial charge is 0.482 e. The first-order chi connectivity index (χ1) is 26.0. The number of fused-ring (bicyclic) bond motifs is 3. The van der Waals surface area contributed by atoms with Gasteiger partial charge in [-0.2, -0.15) is 0 Å². The molecule has 8 rings (SSSR count). The zero-order chi connectivity index (χ0) is 37.8. The van der Waals surface area contributed by atoms with E-state index in [-0.39, 0.29) is 48.9 Å². The highest BCUT2D eigenvalue weighted by molar-refractivity contribution is 6.71. The molecule has 54 heavy (non-hydrogen) atoms. The van der Waals surface area contributed by atoms with Gasteiger partial charge in [-0.25, -0.2) is 0 Å². The molecule has 1 aromatic heterocycles. The third kappa shape index (κ3) is 6.21. The number of carbonyl (C=O) groups excluding carboxylic acids is 2. The van der Waals surface area contributed by atoms with Crippen molar-refractivity contribution < 1.29 is 29.0 Å². The van der Waals surface area contributed by atoms with E-state index in [9.17, 15) is 19.5 Å². The third-order valence-corrected chi connectivity index (χ3v) is 13.9. The number of halogens is 1. The molecule has 11 nitrogen and oxygen atoms in total. The fourth-order valence-electron chi connectivity index (χ4n) is 8.69. The Morgan fingerprint density at radius 3 is 2.46 bits per heavy atom. The first-order valence-corrected chi connectivity index (χ1v) is 21.6. The lowest BCUT2D eigenvalue weighted by molar-refractivity contribution is -0.146. The minimum absolute atomic E-state index is 0.0472. The second-order valence-corrected chi connectivity index (χ2v) is 19.3. The fraction of sp³-hybridized carbons (Fsp3) is 0.317. The predicted molar refractivity (Wildman–Crippen MR) is 207 cm³/mol. The topological polar surface area (TPSA) is 130 Å². The van der Waals surface area contributed by atoms with E-state index in [2.05, 4.69) is 10.3 Å². The number of carbonyl (C=O) groups is 2. The Kier molecular flexibility index (Phi) is 9.43. The van der Waals surface area contributed by atoms with Crippen molar-refractivity contribution in [2.45, 2.75) is 62.7 Å². The van der Waals surface area contributed by atoms with Crippen LogP contribution in [0.4, 0.5) is 17.1 Å². The number of anilines is 3. The molecule has 1 unspecified atom stereocenters. The summed E-state index contributed by atoms with van der Waals surface area (Å²) in [5.41, 5.74) is 3.65. The molecule has 1 spiro atoms. The number of nitrogens with zero attached hydrogens (tertiary/aromatic N) is 5. The van der Waals surface area contributed by atoms with Crippen molar-refractivity contribution in [1.29, 1.82) is 0 Å². The van der Waals surface area contributed by atoms with E-state index in [1.165, 1.54) is 0 Å². The molecule has 3 aliphatic heterocycles. The molecular formula is C41H42ClN5O6Si. The SMILES string of the molecule is C[C@H]1[C@H]([Si](C)(C)O)[C@@H](CCn2cc(C(CO)c3ccccc3)nn2)O[C@]12C(=O)N(Cc1ccc(N3C(=O)COc4ccccc43)cc1)c1ccc(Cl)cc12. The Bertz CT molecular complexity index is 2190. The summed E-state index contributed by atoms with van der Waals surface area (Å²) >= 11 is 6.61. The van der Waals surface area contributed by atoms with Crippen molar-refractivity contribution in [2.24, 2.45) is 5.92 Å². The number of aliphatic hydroxyl groups is 1. The Morgan fingerprint density at radius 1 is 0.981 bits per heavy atom. The summed E-state index contributed by atoms with van der Waals surface area (Å²) < 4.78 is 14.4. The Morgan fingerprint density at radius 2 is 1.72 bits per heavy atom. The summed E-state index contributed by atoms with van der Waals surface area (Å²) in [6, 6.07) is 30.2. The molecule has 0 bridgehead atoms. The van der Waals surface area contributed by atoms with Crippen LogP contribution in [0.15, 0.2) is 103 Å². The molecule has 4 heterocycles. The molecule has 4 aromatic carbocycles. The standard InChI is InChI=1S/C41H42ClN5O6Si/c1-26-39(54(2,3)51)37(19-20-45-23-33(43-44-45)31(24-48)28-9-5-4-6-10-28)53-41(26)32-21-29(42)15-18-34(32)46(40(41)50)22-27-13-16-30(17-14-27)47-35-11-7-8-12-36(35)52-25-38(47)49/h4-18,21,23,26,31,37,39,48,51H,19-20,22,24-25H2,1-3H3/t26-,31?,37+,39-,41+/m0/s1. The van der Waals surface area contributed by atoms with Crippen LogP contribution in [0.2, 0.25) is 23.7 Å². The second kappa shape index (κ2) is 14.1. The zero-order valence-corrected chi connectivity index (χ0v) is 32.1. The van der Waals surface area contributed by atoms with Crippen LogP contribution in [0.5, 0.6) is 5.75 Å². The number of hydrogen-bond donors (Lipinski definition) is 2. The maximum Gasteiger partial charge on any atom is 0.269 e. The third-order valence-electron chi connectivity index (χ3n) is 11.1. The van der Waals surface area contributed by atoms with Gasteiger partial charge in [-0.05, 0) is 73.1 Å². The predicted octanol–water partition coefficient (Wildman–Crippen LogP) is 6.55. The number of aliphatic hydroxyl groups excluding tert-OH is 1. The highest BCUT2D eigenvalue weighted by atomic mass is 35.5. The van der Waals surface area contributed by atoms with E-state index >= 15 is 0 Å². The van der Waals surface area contributed by atoms with Crippen molar-refractivity contribution in [1.82, 2.24) is 15.0 Å². The molecule has 2 N–H and O–H groups in total. The first kappa shape index (κ1) is 36.1. The molecule has 2 amide bonds. The molecule has 5 aromatic rings. The smallest absolute Gasteiger partial charge is 0.269 e. The maximum atomic E-state index is 14.9. The van der Waals surface area contributed by atoms with Gasteiger partial charge < -0.3 is 24.3 Å². The Balaban J connectivity index is 1.06. The average molecular weight is 764 g/mol. The summed E-state index contributed by atoms with van der Waals surface area (Å²) in [6.45, 7) is 6.37. The van der Waals surface area contributed by atoms with Gasteiger partial charge in [0.2, 0.25) is 0 Å². The monoisotopic (exact) mass is 763 g/mol. The lowest BCUT2D eigenvalue weighted by atomic mass is 9.82. The Hall–Kier alpha value is -4.85. The summed E-state index contributed by atoms with van der Waals surface area (Å²) in [5.74, 6) is -0.384. The van der Waals surface area contributed by atoms with Gasteiger partial charge >= 0.3 is 0 Å². The lowest BCUT2D eigenvalue weighted by Crippen LogP contribution is -2.46. The molecule has 5 atom stereocenters. The van der Waals surface area contributed by atoms with Crippen molar-refractivity contribution in [3.05, 3.63) is 131 Å². The van der Waals surface area contributed by atoms with Crippen LogP contribution in [0, 0.1) is 5.92 Å². The van der Waals surface area contributed by atoms with E-state index < -0.39 is 20.0 Å². The number of ether oxygens (including phenoxy) is 2. The maximum absolute atomic E-state index is 14.9. The number of para-hydroxylation sites is 2. The van der Waals surface area contributed by atoms with Gasteiger partial charge in [0.15, 0.2) is 20.5 Å². The highest BCUT2D eigenvalue weighted by Gasteiger charge is 2.66. The van der Waals surface area contributed by atoms with Crippen molar-refractivity contribution in [3.8, 4) is 5.75 Å². The van der Waals surface area contributed by atoms with Gasteiger partial charge in [0.1, 0.15) is 5.75 Å². The van der Waals surface area contributed by atoms with E-state index in [1.807, 2.05) is 117 Å². The summed E-state index contributed by atoms with van der Waals surface area (Å²) in [5, 5.41) is 19.4. The molecule has 1 saturated heterocycles. The fourth-order valence-corrected chi connectivity index (χ4v) is 11.5. The lowest BCUT2D eigenvalue weighted by Gasteiger charge is -2.32. The minimum Gasteiger partial charge on any atom is -0.482 e. The van der Waals surface area contributed by atoms with Crippen LogP contribution >= 0.6 is 11.6 Å². The van der Waals surface area contributed by atoms with E-state index in [0.717, 1.165) is 11.1 Å². The highest BCUT2D eigenvalue weighted by Crippen LogP contribution is 2.60. The van der Waals surface area contributed by atoms with Crippen LogP contribution in [0.25, 0.3) is 0 Å². The van der Waals surface area contributed by atoms with Crippen molar-refractivity contribution in [3.63, 3.8) is 0 Å². The summed E-state index contributed by atoms with van der Waals surface area (Å²) in [7, 11) is -2.91. The first-order valence-electron chi connectivity index (χ1n) is 18.2. The van der Waals surface area contributed by atoms with Crippen LogP contribution in [-0.4, -0.2) is 64.3 Å². The second-order valence-electron chi connectivity index (χ2n) is 14.9. The molecule has 13 heteroatoms. The van der Waals surface area contributed by atoms with Crippen LogP contribution in [-0.2, 0) is 33.0 Å². The van der Waals surface area contributed by atoms with Gasteiger partial charge in [0, 0.05) is 40.5 Å². The zero-order valence-electron chi connectivity index (χ0n) is 30.3. The van der Waals surface area contributed by atoms with Crippen LogP contribution < -0.4 is 14.5 Å². The van der Waals surface area contributed by atoms with Gasteiger partial charge in [-0.3, -0.25) is 19.2 Å². The van der Waals surface area contributed by atoms with Crippen molar-refractivity contribution >= 4 is 48.8 Å². The van der Waals surface area contributed by atoms with Crippen molar-refractivity contribution in [2.75, 3.05) is 23.0 Å². The number of rotatable bonds is 10. The van der Waals surface area contributed by atoms with Gasteiger partial charge in [0.05, 0.1) is 42.2 Å². The van der Waals surface area contributed by atoms with Gasteiger partial charge in [-0.15, -0.1) is 5.10 Å². The Labute approximate surface area is 319 Å². The molecule has 0 radical (unpaired) electrons. The van der Waals surface area contributed by atoms with Crippen LogP contribution in [0.3, 0.4) is 0 Å². The normalized spacial score (nSPS) is 22.7. The van der Waals surface area contributed by atoms with Gasteiger partial charge in [0.25, 0.3) is 11.8 Å². The molecule has 0 saturated carbocycles. The summed E-state index contributed by atoms with van der Waals surface area (Å²) in [4.78, 5) is 43.0. The minimum atomic E-state index is -2.91.